The summed E-state index contributed by atoms with van der Waals surface area (Å²) >= 11 is 0. The van der Waals surface area contributed by atoms with Crippen LogP contribution in [-0.2, 0) is 52.7 Å². The third kappa shape index (κ3) is 48.1. The van der Waals surface area contributed by atoms with Crippen molar-refractivity contribution in [3.05, 3.63) is 223 Å². The van der Waals surface area contributed by atoms with Gasteiger partial charge in [0.1, 0.15) is 34.6 Å². The molecule has 0 aromatic heterocycles. The molecule has 2 radical (unpaired) electrons. The first-order chi connectivity index (χ1) is 46.3. The van der Waals surface area contributed by atoms with E-state index in [0.29, 0.717) is 45.0 Å². The summed E-state index contributed by atoms with van der Waals surface area (Å²) in [5.74, 6) is -0.313. The van der Waals surface area contributed by atoms with Gasteiger partial charge in [-0.15, -0.1) is 0 Å². The monoisotopic (exact) mass is 1800 g/mol. The Morgan fingerprint density at radius 1 is 0.363 bits per heavy atom. The fourth-order valence-electron chi connectivity index (χ4n) is 5.99. The van der Waals surface area contributed by atoms with Gasteiger partial charge >= 0.3 is 71.7 Å². The molecule has 0 spiro atoms. The van der Waals surface area contributed by atoms with E-state index in [0.717, 1.165) is 12.8 Å². The third-order valence-electron chi connectivity index (χ3n) is 10.2. The number of methoxy groups -OCH3 is 4. The number of ketones is 2. The summed E-state index contributed by atoms with van der Waals surface area (Å²) in [5, 5.41) is 122. The topological polar surface area (TPSA) is 478 Å². The number of carbonyl (C=O) groups excluding carboxylic acids is 4. The summed E-state index contributed by atoms with van der Waals surface area (Å²) in [6.07, 6.45) is 7.01. The van der Waals surface area contributed by atoms with Gasteiger partial charge in [0.05, 0.1) is 61.4 Å². The second-order valence-electron chi connectivity index (χ2n) is 18.8. The molecule has 0 aliphatic heterocycles. The van der Waals surface area contributed by atoms with Gasteiger partial charge in [0, 0.05) is 91.2 Å². The Balaban J connectivity index is -0.000000266. The van der Waals surface area contributed by atoms with Crippen molar-refractivity contribution in [2.24, 2.45) is 20.0 Å². The summed E-state index contributed by atoms with van der Waals surface area (Å²) in [6.45, 7) is 6.11. The molecule has 0 unspecified atom stereocenters. The van der Waals surface area contributed by atoms with Gasteiger partial charge in [-0.05, 0) is 98.5 Å². The Morgan fingerprint density at radius 2 is 0.510 bits per heavy atom. The average molecular weight is 1790 g/mol. The Labute approximate surface area is 670 Å². The summed E-state index contributed by atoms with van der Waals surface area (Å²) in [4.78, 5) is 73.2. The number of Topliss-reactive ketones (excluding diaryl/α,β-unsaturated/α-hetero) is 2. The van der Waals surface area contributed by atoms with Crippen LogP contribution in [0.15, 0.2) is 190 Å². The molecule has 0 saturated carbocycles. The minimum absolute atomic E-state index is 0. The number of rotatable bonds is 14. The van der Waals surface area contributed by atoms with Crippen LogP contribution in [-0.4, -0.2) is 126 Å². The Hall–Kier alpha value is -9.72. The first kappa shape index (κ1) is 103. The van der Waals surface area contributed by atoms with Crippen molar-refractivity contribution in [2.45, 2.75) is 27.7 Å². The number of hydrogen-bond acceptors (Lipinski definition) is 26. The molecule has 2 amide bonds. The molecule has 8 aromatic rings. The van der Waals surface area contributed by atoms with Crippen molar-refractivity contribution < 1.29 is 199 Å². The van der Waals surface area contributed by atoms with Crippen LogP contribution in [0.4, 0.5) is 22.7 Å². The molecule has 8 rings (SSSR count). The minimum Gasteiger partial charge on any atom is -0.871 e. The maximum atomic E-state index is 11.8. The predicted molar refractivity (Wildman–Crippen MR) is 355 cm³/mol. The summed E-state index contributed by atoms with van der Waals surface area (Å²) in [5.41, 5.74) is 2.77. The molecule has 102 heavy (non-hydrogen) atoms. The second kappa shape index (κ2) is 61.2. The molecular weight excluding hydrogens is 1720 g/mol. The first-order valence-electron chi connectivity index (χ1n) is 27.7. The van der Waals surface area contributed by atoms with Crippen LogP contribution in [0.3, 0.4) is 0 Å². The Morgan fingerprint density at radius 3 is 0.637 bits per heavy atom. The predicted octanol–water partition coefficient (Wildman–Crippen LogP) is 6.49. The summed E-state index contributed by atoms with van der Waals surface area (Å²) in [6, 6.07) is 45.2. The molecule has 8 aromatic carbocycles. The zero-order valence-electron chi connectivity index (χ0n) is 56.5. The number of nitrogens with zero attached hydrogens (tertiary/aromatic N) is 8. The molecule has 34 heteroatoms. The van der Waals surface area contributed by atoms with Crippen molar-refractivity contribution in [1.82, 2.24) is 9.80 Å². The van der Waals surface area contributed by atoms with Crippen LogP contribution < -0.4 is 59.8 Å². The van der Waals surface area contributed by atoms with Gasteiger partial charge in [-0.1, -0.05) is 167 Å². The number of para-hydroxylation sites is 12. The number of benzene rings is 8. The van der Waals surface area contributed by atoms with Crippen molar-refractivity contribution in [3.8, 4) is 69.0 Å². The first-order valence-corrected chi connectivity index (χ1v) is 27.7. The standard InChI is InChI=1S/4C14H13NO3.2C3H7NO.2C3H6O.2Co.2Dy.2NO3/c4*1-18-13-8-4-5-10(14(13)17)9-15-11-6-2-3-7-12(11)16;2*1-4(2)3-5;2*1-3(2)4;;;;;2*2-1(3)4/h4*2-9,16-17H,1H3;2*3H,1-2H3;2*1-2H3;;;;;;/q;;;;;;;;+2;+3;;+3;2*-1/p-8. The Bertz CT molecular complexity index is 3380. The van der Waals surface area contributed by atoms with Crippen molar-refractivity contribution >= 4 is 72.0 Å². The van der Waals surface area contributed by atoms with Crippen molar-refractivity contribution in [3.63, 3.8) is 0 Å². The average Bonchev–Trinajstić information content (AvgIpc) is 0.901. The fraction of sp³-hybridized carbons (Fsp3) is 0.176. The van der Waals surface area contributed by atoms with Crippen LogP contribution in [0.5, 0.6) is 69.0 Å². The summed E-state index contributed by atoms with van der Waals surface area (Å²) < 4.78 is 19.7. The maximum absolute atomic E-state index is 11.8. The maximum Gasteiger partial charge on any atom is 3.00 e. The molecule has 0 aliphatic carbocycles. The molecule has 0 N–H and O–H groups in total. The van der Waals surface area contributed by atoms with E-state index in [1.54, 1.807) is 174 Å². The van der Waals surface area contributed by atoms with Gasteiger partial charge in [-0.25, -0.2) is 0 Å². The zero-order chi connectivity index (χ0) is 74.7. The normalized spacial score (nSPS) is 9.22. The Kier molecular flexibility index (Phi) is 61.9. The largest absolute Gasteiger partial charge is 3.00 e. The van der Waals surface area contributed by atoms with Gasteiger partial charge in [0.25, 0.3) is 0 Å². The number of hydrogen-bond donors (Lipinski definition) is 0. The molecule has 0 saturated heterocycles. The van der Waals surface area contributed by atoms with E-state index < -0.39 is 10.2 Å². The minimum atomic E-state index is -1.75. The molecular formula is C68H70Co2Dy2N8O22-2. The van der Waals surface area contributed by atoms with Crippen LogP contribution in [0.25, 0.3) is 0 Å². The molecule has 554 valence electrons. The number of aliphatic imine (C=N–C) groups is 4. The van der Waals surface area contributed by atoms with E-state index >= 15 is 0 Å². The van der Waals surface area contributed by atoms with E-state index in [4.69, 9.17) is 49.6 Å². The van der Waals surface area contributed by atoms with E-state index in [1.807, 2.05) is 0 Å². The third-order valence-corrected chi connectivity index (χ3v) is 10.2. The smallest absolute Gasteiger partial charge is 0.871 e. The van der Waals surface area contributed by atoms with Crippen molar-refractivity contribution in [2.75, 3.05) is 56.6 Å². The van der Waals surface area contributed by atoms with E-state index in [1.165, 1.54) is 115 Å². The van der Waals surface area contributed by atoms with Gasteiger partial charge in [0.2, 0.25) is 12.8 Å². The molecule has 0 fully saturated rings. The van der Waals surface area contributed by atoms with Crippen LogP contribution >= 0.6 is 0 Å². The van der Waals surface area contributed by atoms with Crippen LogP contribution in [0.1, 0.15) is 49.9 Å². The van der Waals surface area contributed by atoms with E-state index in [-0.39, 0.29) is 190 Å². The van der Waals surface area contributed by atoms with Crippen LogP contribution in [0, 0.1) is 107 Å². The number of carbonyl (C=O) groups is 4. The second-order valence-corrected chi connectivity index (χ2v) is 18.8. The van der Waals surface area contributed by atoms with E-state index in [9.17, 15) is 60.0 Å². The van der Waals surface area contributed by atoms with Gasteiger partial charge in [-0.3, -0.25) is 29.6 Å². The summed E-state index contributed by atoms with van der Waals surface area (Å²) in [7, 11) is 12.5. The molecule has 0 atom stereocenters. The van der Waals surface area contributed by atoms with Gasteiger partial charge in [0.15, 0.2) is 0 Å². The SMILES string of the molecule is CC(C)=O.CC(C)=O.CN(C)C=O.CN(C)C=O.COc1cccc(C=Nc2ccccc2[O-])c1[O-].COc1cccc(C=Nc2ccccc2[O-])c1[O-].COc1cccc(C=Nc2ccccc2[O-])c1[O-].COc1cccc(C=Nc2ccccc2[O-])c1[O-].O=[N+]([O-])[O-].O=[N+]([O-])[O-].[Co+2].[Co+3].[Dy+3].[Dy]. The van der Waals surface area contributed by atoms with Crippen LogP contribution in [0.2, 0.25) is 0 Å². The van der Waals surface area contributed by atoms with Gasteiger partial charge < -0.3 is 110 Å². The molecule has 0 bridgehead atoms. The quantitative estimate of drug-likeness (QED) is 0.0486. The number of amides is 2. The number of ether oxygens (including phenoxy) is 4. The molecule has 0 aliphatic rings. The fourth-order valence-corrected chi connectivity index (χ4v) is 5.99. The van der Waals surface area contributed by atoms with E-state index in [2.05, 4.69) is 20.0 Å². The molecule has 0 heterocycles. The molecule has 30 nitrogen and oxygen atoms in total. The zero-order valence-corrected chi connectivity index (χ0v) is 62.6. The van der Waals surface area contributed by atoms with Gasteiger partial charge in [-0.2, -0.15) is 0 Å². The van der Waals surface area contributed by atoms with Crippen molar-refractivity contribution in [1.29, 1.82) is 0 Å².